The van der Waals surface area contributed by atoms with Crippen LogP contribution in [-0.4, -0.2) is 16.0 Å². The van der Waals surface area contributed by atoms with E-state index in [1.807, 2.05) is 12.1 Å². The van der Waals surface area contributed by atoms with Crippen LogP contribution in [0.4, 0.5) is 17.3 Å². The van der Waals surface area contributed by atoms with E-state index in [9.17, 15) is 0 Å². The Bertz CT molecular complexity index is 606. The number of aryl methyl sites for hydroxylation is 1. The number of benzene rings is 1. The molecule has 0 unspecified atom stereocenters. The number of aromatic nitrogens is 2. The van der Waals surface area contributed by atoms with Crippen molar-refractivity contribution >= 4 is 17.3 Å². The van der Waals surface area contributed by atoms with E-state index in [0.29, 0.717) is 6.04 Å². The number of nitrogens with zero attached hydrogens (tertiary/aromatic N) is 2. The molecule has 0 spiro atoms. The minimum absolute atomic E-state index is 0.555. The van der Waals surface area contributed by atoms with Crippen molar-refractivity contribution in [2.45, 2.75) is 51.5 Å². The molecule has 0 saturated heterocycles. The Morgan fingerprint density at radius 1 is 1.05 bits per heavy atom. The summed E-state index contributed by atoms with van der Waals surface area (Å²) in [6, 6.07) is 10.9. The summed E-state index contributed by atoms with van der Waals surface area (Å²) in [5.41, 5.74) is 2.41. The number of hydrogen-bond acceptors (Lipinski definition) is 4. The van der Waals surface area contributed by atoms with Gasteiger partial charge in [0.2, 0.25) is 0 Å². The lowest BCUT2D eigenvalue weighted by atomic mass is 9.95. The van der Waals surface area contributed by atoms with Gasteiger partial charge in [-0.1, -0.05) is 44.4 Å². The first-order chi connectivity index (χ1) is 10.8. The molecule has 4 nitrogen and oxygen atoms in total. The highest BCUT2D eigenvalue weighted by molar-refractivity contribution is 5.62. The normalized spacial score (nSPS) is 15.5. The summed E-state index contributed by atoms with van der Waals surface area (Å²) in [6.45, 7) is 2.16. The average Bonchev–Trinajstić information content (AvgIpc) is 2.57. The van der Waals surface area contributed by atoms with Gasteiger partial charge in [-0.25, -0.2) is 9.97 Å². The molecular weight excluding hydrogens is 272 g/mol. The number of hydrogen-bond donors (Lipinski definition) is 2. The summed E-state index contributed by atoms with van der Waals surface area (Å²) in [5, 5.41) is 6.95. The predicted octanol–water partition coefficient (Wildman–Crippen LogP) is 4.53. The molecule has 1 aliphatic carbocycles. The van der Waals surface area contributed by atoms with Crippen LogP contribution in [-0.2, 0) is 6.42 Å². The maximum atomic E-state index is 4.36. The largest absolute Gasteiger partial charge is 0.367 e. The van der Waals surface area contributed by atoms with Crippen molar-refractivity contribution in [3.63, 3.8) is 0 Å². The highest BCUT2D eigenvalue weighted by atomic mass is 15.1. The molecule has 1 aromatic carbocycles. The zero-order chi connectivity index (χ0) is 15.2. The Hall–Kier alpha value is -2.10. The molecular formula is C18H24N4. The van der Waals surface area contributed by atoms with E-state index in [-0.39, 0.29) is 0 Å². The van der Waals surface area contributed by atoms with Crippen molar-refractivity contribution in [3.8, 4) is 0 Å². The molecule has 0 bridgehead atoms. The second-order valence-corrected chi connectivity index (χ2v) is 5.90. The maximum absolute atomic E-state index is 4.36. The van der Waals surface area contributed by atoms with Gasteiger partial charge in [0.05, 0.1) is 0 Å². The zero-order valence-electron chi connectivity index (χ0n) is 13.2. The van der Waals surface area contributed by atoms with Gasteiger partial charge >= 0.3 is 0 Å². The van der Waals surface area contributed by atoms with Gasteiger partial charge in [-0.2, -0.15) is 0 Å². The SMILES string of the molecule is CCc1ccccc1Nc1cc(NC2CCCCC2)ncn1. The topological polar surface area (TPSA) is 49.8 Å². The molecule has 1 saturated carbocycles. The van der Waals surface area contributed by atoms with Crippen molar-refractivity contribution in [1.82, 2.24) is 9.97 Å². The van der Waals surface area contributed by atoms with Gasteiger partial charge < -0.3 is 10.6 Å². The first-order valence-electron chi connectivity index (χ1n) is 8.28. The Balaban J connectivity index is 1.70. The van der Waals surface area contributed by atoms with Crippen molar-refractivity contribution in [2.75, 3.05) is 10.6 Å². The van der Waals surface area contributed by atoms with E-state index < -0.39 is 0 Å². The van der Waals surface area contributed by atoms with Crippen LogP contribution in [0, 0.1) is 0 Å². The van der Waals surface area contributed by atoms with Crippen molar-refractivity contribution in [1.29, 1.82) is 0 Å². The molecule has 0 aliphatic heterocycles. The molecule has 1 aromatic heterocycles. The van der Waals surface area contributed by atoms with Crippen LogP contribution >= 0.6 is 0 Å². The molecule has 22 heavy (non-hydrogen) atoms. The Kier molecular flexibility index (Phi) is 4.88. The van der Waals surface area contributed by atoms with Gasteiger partial charge in [-0.05, 0) is 30.9 Å². The Labute approximate surface area is 132 Å². The first-order valence-corrected chi connectivity index (χ1v) is 8.28. The number of para-hydroxylation sites is 1. The summed E-state index contributed by atoms with van der Waals surface area (Å²) >= 11 is 0. The first kappa shape index (κ1) is 14.8. The molecule has 0 atom stereocenters. The summed E-state index contributed by atoms with van der Waals surface area (Å²) in [4.78, 5) is 8.70. The molecule has 1 aliphatic rings. The molecule has 2 N–H and O–H groups in total. The third kappa shape index (κ3) is 3.75. The van der Waals surface area contributed by atoms with Crippen molar-refractivity contribution in [3.05, 3.63) is 42.2 Å². The molecule has 116 valence electrons. The van der Waals surface area contributed by atoms with E-state index in [0.717, 1.165) is 23.7 Å². The van der Waals surface area contributed by atoms with Gasteiger partial charge in [0, 0.05) is 17.8 Å². The van der Waals surface area contributed by atoms with Crippen molar-refractivity contribution < 1.29 is 0 Å². The van der Waals surface area contributed by atoms with E-state index >= 15 is 0 Å². The van der Waals surface area contributed by atoms with Crippen LogP contribution in [0.25, 0.3) is 0 Å². The Morgan fingerprint density at radius 2 is 1.82 bits per heavy atom. The fraction of sp³-hybridized carbons (Fsp3) is 0.444. The van der Waals surface area contributed by atoms with Crippen LogP contribution in [0.3, 0.4) is 0 Å². The smallest absolute Gasteiger partial charge is 0.135 e. The molecule has 0 radical (unpaired) electrons. The lowest BCUT2D eigenvalue weighted by Gasteiger charge is -2.23. The highest BCUT2D eigenvalue weighted by Crippen LogP contribution is 2.23. The summed E-state index contributed by atoms with van der Waals surface area (Å²) in [7, 11) is 0. The van der Waals surface area contributed by atoms with E-state index in [2.05, 4.69) is 45.7 Å². The fourth-order valence-electron chi connectivity index (χ4n) is 3.05. The van der Waals surface area contributed by atoms with Crippen LogP contribution in [0.1, 0.15) is 44.6 Å². The van der Waals surface area contributed by atoms with E-state index in [4.69, 9.17) is 0 Å². The minimum Gasteiger partial charge on any atom is -0.367 e. The molecule has 2 aromatic rings. The monoisotopic (exact) mass is 296 g/mol. The van der Waals surface area contributed by atoms with Crippen LogP contribution in [0.5, 0.6) is 0 Å². The fourth-order valence-corrected chi connectivity index (χ4v) is 3.05. The molecule has 0 amide bonds. The highest BCUT2D eigenvalue weighted by Gasteiger charge is 2.13. The van der Waals surface area contributed by atoms with Crippen LogP contribution < -0.4 is 10.6 Å². The maximum Gasteiger partial charge on any atom is 0.135 e. The summed E-state index contributed by atoms with van der Waals surface area (Å²) < 4.78 is 0. The van der Waals surface area contributed by atoms with Crippen molar-refractivity contribution in [2.24, 2.45) is 0 Å². The van der Waals surface area contributed by atoms with E-state index in [1.165, 1.54) is 37.7 Å². The minimum atomic E-state index is 0.555. The van der Waals surface area contributed by atoms with Gasteiger partial charge in [-0.3, -0.25) is 0 Å². The van der Waals surface area contributed by atoms with Crippen LogP contribution in [0.2, 0.25) is 0 Å². The summed E-state index contributed by atoms with van der Waals surface area (Å²) in [6.07, 6.45) is 9.11. The van der Waals surface area contributed by atoms with Crippen LogP contribution in [0.15, 0.2) is 36.7 Å². The molecule has 4 heteroatoms. The zero-order valence-corrected chi connectivity index (χ0v) is 13.2. The third-order valence-electron chi connectivity index (χ3n) is 4.29. The average molecular weight is 296 g/mol. The Morgan fingerprint density at radius 3 is 2.64 bits per heavy atom. The number of rotatable bonds is 5. The second-order valence-electron chi connectivity index (χ2n) is 5.90. The molecule has 3 rings (SSSR count). The third-order valence-corrected chi connectivity index (χ3v) is 4.29. The quantitative estimate of drug-likeness (QED) is 0.851. The summed E-state index contributed by atoms with van der Waals surface area (Å²) in [5.74, 6) is 1.76. The van der Waals surface area contributed by atoms with Gasteiger partial charge in [-0.15, -0.1) is 0 Å². The van der Waals surface area contributed by atoms with Gasteiger partial charge in [0.25, 0.3) is 0 Å². The predicted molar refractivity (Wildman–Crippen MR) is 91.6 cm³/mol. The lowest BCUT2D eigenvalue weighted by molar-refractivity contribution is 0.462. The number of anilines is 3. The number of nitrogens with one attached hydrogen (secondary N) is 2. The van der Waals surface area contributed by atoms with Gasteiger partial charge in [0.15, 0.2) is 0 Å². The second kappa shape index (κ2) is 7.25. The standard InChI is InChI=1S/C18H24N4/c1-2-14-8-6-7-11-16(14)22-18-12-17(19-13-20-18)21-15-9-4-3-5-10-15/h6-8,11-13,15H,2-5,9-10H2,1H3,(H2,19,20,21,22). The van der Waals surface area contributed by atoms with E-state index in [1.54, 1.807) is 6.33 Å². The molecule has 1 heterocycles. The molecule has 1 fully saturated rings. The van der Waals surface area contributed by atoms with Gasteiger partial charge in [0.1, 0.15) is 18.0 Å². The lowest BCUT2D eigenvalue weighted by Crippen LogP contribution is -2.22.